The first-order valence-electron chi connectivity index (χ1n) is 4.30. The van der Waals surface area contributed by atoms with Crippen molar-refractivity contribution in [1.29, 1.82) is 0 Å². The van der Waals surface area contributed by atoms with Crippen LogP contribution in [0.1, 0.15) is 6.42 Å². The van der Waals surface area contributed by atoms with E-state index in [1.807, 2.05) is 0 Å². The van der Waals surface area contributed by atoms with Gasteiger partial charge in [0.25, 0.3) is 0 Å². The fourth-order valence-electron chi connectivity index (χ4n) is 1.27. The van der Waals surface area contributed by atoms with Gasteiger partial charge < -0.3 is 15.2 Å². The SMILES string of the molecule is Nc1ccnc(OC2CCOC2)c1. The van der Waals surface area contributed by atoms with Gasteiger partial charge in [0.1, 0.15) is 6.10 Å². The Labute approximate surface area is 76.7 Å². The highest BCUT2D eigenvalue weighted by Crippen LogP contribution is 2.15. The minimum atomic E-state index is 0.134. The van der Waals surface area contributed by atoms with Gasteiger partial charge in [-0.3, -0.25) is 0 Å². The molecule has 0 spiro atoms. The highest BCUT2D eigenvalue weighted by atomic mass is 16.5. The normalized spacial score (nSPS) is 21.7. The molecule has 4 heteroatoms. The lowest BCUT2D eigenvalue weighted by Crippen LogP contribution is -2.16. The van der Waals surface area contributed by atoms with Crippen LogP contribution in [0.15, 0.2) is 18.3 Å². The van der Waals surface area contributed by atoms with Gasteiger partial charge in [-0.15, -0.1) is 0 Å². The van der Waals surface area contributed by atoms with Crippen molar-refractivity contribution in [1.82, 2.24) is 4.98 Å². The van der Waals surface area contributed by atoms with Crippen molar-refractivity contribution >= 4 is 5.69 Å². The number of pyridine rings is 1. The summed E-state index contributed by atoms with van der Waals surface area (Å²) in [5.41, 5.74) is 6.25. The molecular formula is C9H12N2O2. The third-order valence-electron chi connectivity index (χ3n) is 1.93. The zero-order valence-electron chi connectivity index (χ0n) is 7.27. The maximum absolute atomic E-state index is 5.58. The summed E-state index contributed by atoms with van der Waals surface area (Å²) >= 11 is 0. The summed E-state index contributed by atoms with van der Waals surface area (Å²) in [6.07, 6.45) is 2.70. The Morgan fingerprint density at radius 3 is 3.23 bits per heavy atom. The molecular weight excluding hydrogens is 168 g/mol. The number of nitrogens with zero attached hydrogens (tertiary/aromatic N) is 1. The van der Waals surface area contributed by atoms with Crippen molar-refractivity contribution in [3.05, 3.63) is 18.3 Å². The van der Waals surface area contributed by atoms with Crippen molar-refractivity contribution in [3.8, 4) is 5.88 Å². The first-order valence-corrected chi connectivity index (χ1v) is 4.30. The summed E-state index contributed by atoms with van der Waals surface area (Å²) < 4.78 is 10.7. The summed E-state index contributed by atoms with van der Waals surface area (Å²) in [6.45, 7) is 1.42. The van der Waals surface area contributed by atoms with Crippen molar-refractivity contribution in [3.63, 3.8) is 0 Å². The molecule has 0 radical (unpaired) electrons. The molecule has 1 aromatic rings. The first-order chi connectivity index (χ1) is 6.34. The van der Waals surface area contributed by atoms with Crippen LogP contribution in [-0.2, 0) is 4.74 Å². The second-order valence-electron chi connectivity index (χ2n) is 3.03. The fraction of sp³-hybridized carbons (Fsp3) is 0.444. The monoisotopic (exact) mass is 180 g/mol. The second kappa shape index (κ2) is 3.62. The third-order valence-corrected chi connectivity index (χ3v) is 1.93. The van der Waals surface area contributed by atoms with Crippen LogP contribution in [0, 0.1) is 0 Å². The Morgan fingerprint density at radius 1 is 1.62 bits per heavy atom. The predicted molar refractivity (Wildman–Crippen MR) is 48.5 cm³/mol. The number of nitrogen functional groups attached to an aromatic ring is 1. The minimum Gasteiger partial charge on any atom is -0.472 e. The number of hydrogen-bond donors (Lipinski definition) is 1. The molecule has 1 aliphatic heterocycles. The highest BCUT2D eigenvalue weighted by Gasteiger charge is 2.17. The van der Waals surface area contributed by atoms with E-state index in [1.165, 1.54) is 0 Å². The molecule has 1 atom stereocenters. The molecule has 0 aromatic carbocycles. The van der Waals surface area contributed by atoms with Crippen molar-refractivity contribution < 1.29 is 9.47 Å². The fourth-order valence-corrected chi connectivity index (χ4v) is 1.27. The molecule has 70 valence electrons. The number of anilines is 1. The van der Waals surface area contributed by atoms with E-state index in [9.17, 15) is 0 Å². The molecule has 2 rings (SSSR count). The van der Waals surface area contributed by atoms with Gasteiger partial charge in [0.15, 0.2) is 0 Å². The molecule has 0 aliphatic carbocycles. The van der Waals surface area contributed by atoms with E-state index in [2.05, 4.69) is 4.98 Å². The predicted octanol–water partition coefficient (Wildman–Crippen LogP) is 0.831. The summed E-state index contributed by atoms with van der Waals surface area (Å²) in [6, 6.07) is 3.45. The Morgan fingerprint density at radius 2 is 2.54 bits per heavy atom. The zero-order chi connectivity index (χ0) is 9.10. The van der Waals surface area contributed by atoms with Gasteiger partial charge in [-0.1, -0.05) is 0 Å². The summed E-state index contributed by atoms with van der Waals surface area (Å²) in [5.74, 6) is 0.579. The Balaban J connectivity index is 2.00. The molecule has 2 heterocycles. The minimum absolute atomic E-state index is 0.134. The van der Waals surface area contributed by atoms with Crippen LogP contribution in [-0.4, -0.2) is 24.3 Å². The van der Waals surface area contributed by atoms with Crippen LogP contribution in [0.4, 0.5) is 5.69 Å². The van der Waals surface area contributed by atoms with Crippen LogP contribution in [0.3, 0.4) is 0 Å². The van der Waals surface area contributed by atoms with E-state index in [-0.39, 0.29) is 6.10 Å². The maximum atomic E-state index is 5.58. The Kier molecular flexibility index (Phi) is 2.31. The molecule has 2 N–H and O–H groups in total. The number of aromatic nitrogens is 1. The van der Waals surface area contributed by atoms with Crippen LogP contribution in [0.25, 0.3) is 0 Å². The van der Waals surface area contributed by atoms with E-state index >= 15 is 0 Å². The van der Waals surface area contributed by atoms with Crippen molar-refractivity contribution in [2.75, 3.05) is 18.9 Å². The van der Waals surface area contributed by atoms with E-state index in [1.54, 1.807) is 18.3 Å². The maximum Gasteiger partial charge on any atom is 0.215 e. The second-order valence-corrected chi connectivity index (χ2v) is 3.03. The molecule has 0 bridgehead atoms. The number of hydrogen-bond acceptors (Lipinski definition) is 4. The highest BCUT2D eigenvalue weighted by molar-refractivity contribution is 5.39. The quantitative estimate of drug-likeness (QED) is 0.732. The number of ether oxygens (including phenoxy) is 2. The summed E-state index contributed by atoms with van der Waals surface area (Å²) in [4.78, 5) is 4.05. The molecule has 1 fully saturated rings. The summed E-state index contributed by atoms with van der Waals surface area (Å²) in [5, 5.41) is 0. The van der Waals surface area contributed by atoms with E-state index < -0.39 is 0 Å². The lowest BCUT2D eigenvalue weighted by atomic mass is 10.3. The van der Waals surface area contributed by atoms with E-state index in [4.69, 9.17) is 15.2 Å². The van der Waals surface area contributed by atoms with Gasteiger partial charge in [0.2, 0.25) is 5.88 Å². The molecule has 1 saturated heterocycles. The van der Waals surface area contributed by atoms with Gasteiger partial charge in [0.05, 0.1) is 13.2 Å². The van der Waals surface area contributed by atoms with Gasteiger partial charge >= 0.3 is 0 Å². The lowest BCUT2D eigenvalue weighted by molar-refractivity contribution is 0.138. The number of nitrogens with two attached hydrogens (primary N) is 1. The van der Waals surface area contributed by atoms with Crippen LogP contribution >= 0.6 is 0 Å². The average Bonchev–Trinajstić information content (AvgIpc) is 2.57. The van der Waals surface area contributed by atoms with Gasteiger partial charge in [-0.2, -0.15) is 0 Å². The molecule has 0 saturated carbocycles. The third kappa shape index (κ3) is 2.09. The zero-order valence-corrected chi connectivity index (χ0v) is 7.27. The molecule has 1 unspecified atom stereocenters. The average molecular weight is 180 g/mol. The van der Waals surface area contributed by atoms with Gasteiger partial charge in [-0.05, 0) is 6.07 Å². The topological polar surface area (TPSA) is 57.4 Å². The van der Waals surface area contributed by atoms with Crippen LogP contribution in [0.5, 0.6) is 5.88 Å². The van der Waals surface area contributed by atoms with Crippen molar-refractivity contribution in [2.45, 2.75) is 12.5 Å². The van der Waals surface area contributed by atoms with Crippen LogP contribution < -0.4 is 10.5 Å². The summed E-state index contributed by atoms with van der Waals surface area (Å²) in [7, 11) is 0. The van der Waals surface area contributed by atoms with E-state index in [0.717, 1.165) is 13.0 Å². The smallest absolute Gasteiger partial charge is 0.215 e. The van der Waals surface area contributed by atoms with Gasteiger partial charge in [-0.25, -0.2) is 4.98 Å². The molecule has 0 amide bonds. The van der Waals surface area contributed by atoms with Crippen molar-refractivity contribution in [2.24, 2.45) is 0 Å². The lowest BCUT2D eigenvalue weighted by Gasteiger charge is -2.10. The van der Waals surface area contributed by atoms with Gasteiger partial charge in [0, 0.05) is 24.4 Å². The standard InChI is InChI=1S/C9H12N2O2/c10-7-1-3-11-9(5-7)13-8-2-4-12-6-8/h1,3,5,8H,2,4,6H2,(H2,10,11). The Hall–Kier alpha value is -1.29. The Bertz CT molecular complexity index is 285. The first kappa shape index (κ1) is 8.31. The molecule has 13 heavy (non-hydrogen) atoms. The van der Waals surface area contributed by atoms with Crippen LogP contribution in [0.2, 0.25) is 0 Å². The largest absolute Gasteiger partial charge is 0.472 e. The molecule has 1 aliphatic rings. The molecule has 4 nitrogen and oxygen atoms in total. The molecule has 1 aromatic heterocycles. The number of rotatable bonds is 2. The van der Waals surface area contributed by atoms with E-state index in [0.29, 0.717) is 18.2 Å².